The Balaban J connectivity index is 1.92. The van der Waals surface area contributed by atoms with Crippen LogP contribution in [-0.4, -0.2) is 9.30 Å². The highest BCUT2D eigenvalue weighted by Gasteiger charge is 2.38. The first kappa shape index (κ1) is 21.6. The summed E-state index contributed by atoms with van der Waals surface area (Å²) < 4.78 is 25.2. The summed E-state index contributed by atoms with van der Waals surface area (Å²) in [4.78, 5) is 0. The van der Waals surface area contributed by atoms with Crippen molar-refractivity contribution >= 4 is 17.0 Å². The number of rotatable bonds is 8. The van der Waals surface area contributed by atoms with Crippen LogP contribution in [0.5, 0.6) is 0 Å². The average Bonchev–Trinajstić information content (AvgIpc) is 3.52. The molecule has 154 valence electrons. The molecule has 1 aliphatic carbocycles. The molecule has 0 saturated heterocycles. The standard InChI is InChI=1S/C23H28FN3OS/c1-23(2,29(27)28)13-19(16-5-3-15(14-25)4-6-16)11-20(17-7-8-17)18-9-10-21(24)22(26)12-18/h3-6,9-10,12,17,19-20H,7-8,11,13,26-27H2,1-2H3. The molecular formula is C23H28FN3OS. The third kappa shape index (κ3) is 5.30. The van der Waals surface area contributed by atoms with Gasteiger partial charge >= 0.3 is 0 Å². The van der Waals surface area contributed by atoms with Crippen molar-refractivity contribution in [3.63, 3.8) is 0 Å². The lowest BCUT2D eigenvalue weighted by Gasteiger charge is -2.31. The third-order valence-corrected chi connectivity index (χ3v) is 7.23. The van der Waals surface area contributed by atoms with Gasteiger partial charge in [0.25, 0.3) is 0 Å². The second kappa shape index (κ2) is 8.74. The van der Waals surface area contributed by atoms with Gasteiger partial charge in [0.2, 0.25) is 0 Å². The molecule has 2 aromatic carbocycles. The number of hydrogen-bond acceptors (Lipinski definition) is 4. The van der Waals surface area contributed by atoms with E-state index in [0.717, 1.165) is 30.4 Å². The Labute approximate surface area is 175 Å². The van der Waals surface area contributed by atoms with Crippen molar-refractivity contribution in [1.82, 2.24) is 0 Å². The van der Waals surface area contributed by atoms with E-state index < -0.39 is 21.9 Å². The van der Waals surface area contributed by atoms with E-state index in [0.29, 0.717) is 17.9 Å². The van der Waals surface area contributed by atoms with E-state index in [-0.39, 0.29) is 17.5 Å². The Morgan fingerprint density at radius 1 is 1.21 bits per heavy atom. The molecule has 1 aliphatic rings. The van der Waals surface area contributed by atoms with E-state index >= 15 is 0 Å². The summed E-state index contributed by atoms with van der Waals surface area (Å²) in [7, 11) is 0. The Bertz CT molecular complexity index is 888. The van der Waals surface area contributed by atoms with Gasteiger partial charge in [0.05, 0.1) is 17.3 Å². The molecule has 6 heteroatoms. The maximum atomic E-state index is 13.7. The topological polar surface area (TPSA) is 98.9 Å². The minimum absolute atomic E-state index is 0.113. The van der Waals surface area contributed by atoms with Crippen LogP contribution < -0.4 is 10.9 Å². The molecule has 3 unspecified atom stereocenters. The van der Waals surface area contributed by atoms with Crippen molar-refractivity contribution < 1.29 is 8.94 Å². The zero-order chi connectivity index (χ0) is 21.2. The predicted octanol–water partition coefficient (Wildman–Crippen LogP) is 4.74. The van der Waals surface area contributed by atoms with Crippen LogP contribution in [0.4, 0.5) is 10.1 Å². The lowest BCUT2D eigenvalue weighted by atomic mass is 9.78. The number of nitrogens with two attached hydrogens (primary N) is 2. The van der Waals surface area contributed by atoms with Crippen LogP contribution in [0.1, 0.15) is 68.1 Å². The zero-order valence-electron chi connectivity index (χ0n) is 16.9. The molecule has 0 aromatic heterocycles. The van der Waals surface area contributed by atoms with Crippen LogP contribution in [0.25, 0.3) is 0 Å². The number of halogens is 1. The van der Waals surface area contributed by atoms with Crippen LogP contribution in [0.2, 0.25) is 0 Å². The SMILES string of the molecule is CC(C)(CC(CC(c1ccc(F)c(N)c1)C1CC1)c1ccc(C#N)cc1)[S+](N)[O-]. The molecule has 4 nitrogen and oxygen atoms in total. The van der Waals surface area contributed by atoms with E-state index in [1.807, 2.05) is 44.2 Å². The zero-order valence-corrected chi connectivity index (χ0v) is 17.7. The smallest absolute Gasteiger partial charge is 0.146 e. The molecule has 0 spiro atoms. The maximum absolute atomic E-state index is 13.7. The fourth-order valence-corrected chi connectivity index (χ4v) is 4.41. The summed E-state index contributed by atoms with van der Waals surface area (Å²) in [5.74, 6) is 0.515. The number of nitrogens with zero attached hydrogens (tertiary/aromatic N) is 1. The van der Waals surface area contributed by atoms with Gasteiger partial charge in [-0.25, -0.2) is 4.39 Å². The molecule has 29 heavy (non-hydrogen) atoms. The van der Waals surface area contributed by atoms with Crippen molar-refractivity contribution in [2.75, 3.05) is 5.73 Å². The maximum Gasteiger partial charge on any atom is 0.146 e. The summed E-state index contributed by atoms with van der Waals surface area (Å²) in [6.45, 7) is 3.84. The van der Waals surface area contributed by atoms with Gasteiger partial charge < -0.3 is 10.3 Å². The van der Waals surface area contributed by atoms with Crippen molar-refractivity contribution in [1.29, 1.82) is 5.26 Å². The number of hydrogen-bond donors (Lipinski definition) is 2. The van der Waals surface area contributed by atoms with Gasteiger partial charge in [-0.05, 0) is 86.3 Å². The second-order valence-electron chi connectivity index (χ2n) is 8.65. The monoisotopic (exact) mass is 413 g/mol. The predicted molar refractivity (Wildman–Crippen MR) is 116 cm³/mol. The summed E-state index contributed by atoms with van der Waals surface area (Å²) in [6.07, 6.45) is 3.78. The van der Waals surface area contributed by atoms with E-state index in [4.69, 9.17) is 16.1 Å². The number of nitrogen functional groups attached to an aromatic ring is 1. The summed E-state index contributed by atoms with van der Waals surface area (Å²) in [5.41, 5.74) is 8.77. The molecule has 0 bridgehead atoms. The van der Waals surface area contributed by atoms with Crippen molar-refractivity contribution in [2.45, 2.75) is 56.1 Å². The largest absolute Gasteiger partial charge is 0.598 e. The summed E-state index contributed by atoms with van der Waals surface area (Å²) >= 11 is -1.46. The lowest BCUT2D eigenvalue weighted by Crippen LogP contribution is -2.39. The van der Waals surface area contributed by atoms with Crippen molar-refractivity contribution in [2.24, 2.45) is 11.1 Å². The number of nitriles is 1. The first-order valence-electron chi connectivity index (χ1n) is 9.92. The van der Waals surface area contributed by atoms with E-state index in [1.54, 1.807) is 6.07 Å². The van der Waals surface area contributed by atoms with E-state index in [2.05, 4.69) is 6.07 Å². The highest BCUT2D eigenvalue weighted by atomic mass is 32.2. The first-order chi connectivity index (χ1) is 13.7. The molecule has 3 rings (SSSR count). The molecule has 4 N–H and O–H groups in total. The van der Waals surface area contributed by atoms with Crippen molar-refractivity contribution in [3.8, 4) is 6.07 Å². The highest BCUT2D eigenvalue weighted by molar-refractivity contribution is 7.90. The van der Waals surface area contributed by atoms with Gasteiger partial charge in [-0.3, -0.25) is 0 Å². The summed E-state index contributed by atoms with van der Waals surface area (Å²) in [5, 5.41) is 14.9. The normalized spacial score (nSPS) is 17.4. The van der Waals surface area contributed by atoms with Crippen LogP contribution in [0, 0.1) is 23.1 Å². The molecule has 3 atom stereocenters. The fraction of sp³-hybridized carbons (Fsp3) is 0.435. The molecule has 1 saturated carbocycles. The molecular weight excluding hydrogens is 385 g/mol. The second-order valence-corrected chi connectivity index (χ2v) is 10.4. The van der Waals surface area contributed by atoms with E-state index in [1.165, 1.54) is 6.07 Å². The van der Waals surface area contributed by atoms with Gasteiger partial charge in [0.15, 0.2) is 0 Å². The Morgan fingerprint density at radius 3 is 2.34 bits per heavy atom. The number of benzene rings is 2. The van der Waals surface area contributed by atoms with Crippen LogP contribution in [0.3, 0.4) is 0 Å². The minimum atomic E-state index is -1.46. The van der Waals surface area contributed by atoms with Gasteiger partial charge in [-0.2, -0.15) is 10.4 Å². The van der Waals surface area contributed by atoms with Crippen LogP contribution in [-0.2, 0) is 11.4 Å². The van der Waals surface area contributed by atoms with Crippen LogP contribution >= 0.6 is 0 Å². The van der Waals surface area contributed by atoms with E-state index in [9.17, 15) is 8.94 Å². The molecule has 1 fully saturated rings. The van der Waals surface area contributed by atoms with Gasteiger partial charge in [-0.1, -0.05) is 18.2 Å². The molecule has 0 radical (unpaired) electrons. The Kier molecular flexibility index (Phi) is 6.52. The fourth-order valence-electron chi connectivity index (χ4n) is 4.04. The Hall–Kier alpha value is -2.07. The first-order valence-corrected chi connectivity index (χ1v) is 11.1. The molecule has 0 amide bonds. The number of anilines is 1. The molecule has 0 aliphatic heterocycles. The third-order valence-electron chi connectivity index (χ3n) is 5.97. The molecule has 2 aromatic rings. The van der Waals surface area contributed by atoms with Crippen molar-refractivity contribution in [3.05, 3.63) is 65.0 Å². The van der Waals surface area contributed by atoms with Gasteiger partial charge in [0, 0.05) is 17.8 Å². The highest BCUT2D eigenvalue weighted by Crippen LogP contribution is 2.49. The van der Waals surface area contributed by atoms with Crippen LogP contribution in [0.15, 0.2) is 42.5 Å². The molecule has 0 heterocycles. The van der Waals surface area contributed by atoms with Gasteiger partial charge in [0.1, 0.15) is 10.6 Å². The minimum Gasteiger partial charge on any atom is -0.598 e. The average molecular weight is 414 g/mol. The van der Waals surface area contributed by atoms with Gasteiger partial charge in [-0.15, -0.1) is 0 Å². The Morgan fingerprint density at radius 2 is 1.83 bits per heavy atom. The summed E-state index contributed by atoms with van der Waals surface area (Å²) in [6, 6.07) is 14.7. The quantitative estimate of drug-likeness (QED) is 0.482. The lowest BCUT2D eigenvalue weighted by molar-refractivity contribution is 0.424.